The quantitative estimate of drug-likeness (QED) is 0.728. The minimum absolute atomic E-state index is 0. The monoisotopic (exact) mass is 195 g/mol. The van der Waals surface area contributed by atoms with Crippen LogP contribution in [0.3, 0.4) is 0 Å². The van der Waals surface area contributed by atoms with Gasteiger partial charge in [-0.2, -0.15) is 0 Å². The second kappa shape index (κ2) is 4.67. The van der Waals surface area contributed by atoms with Crippen molar-refractivity contribution in [1.29, 1.82) is 0 Å². The number of halogens is 1. The summed E-state index contributed by atoms with van der Waals surface area (Å²) in [5.41, 5.74) is -0.0855. The van der Waals surface area contributed by atoms with Gasteiger partial charge in [0, 0.05) is 5.54 Å². The summed E-state index contributed by atoms with van der Waals surface area (Å²) < 4.78 is 0. The summed E-state index contributed by atoms with van der Waals surface area (Å²) in [4.78, 5) is 12.4. The molecular formula is C8H18ClNO2. The normalized spacial score (nSPS) is 13.8. The Hall–Kier alpha value is -0.280. The lowest BCUT2D eigenvalue weighted by Gasteiger charge is -2.34. The number of carbonyl (C=O) groups is 1. The molecule has 1 atom stereocenters. The lowest BCUT2D eigenvalue weighted by atomic mass is 10.0. The Bertz CT molecular complexity index is 154. The van der Waals surface area contributed by atoms with Crippen molar-refractivity contribution in [3.63, 3.8) is 0 Å². The van der Waals surface area contributed by atoms with Crippen molar-refractivity contribution in [2.24, 2.45) is 0 Å². The molecule has 0 aliphatic carbocycles. The predicted molar refractivity (Wildman–Crippen MR) is 51.9 cm³/mol. The number of carboxylic acid groups (broad SMARTS) is 1. The summed E-state index contributed by atoms with van der Waals surface area (Å²) in [6.45, 7) is 7.67. The molecule has 12 heavy (non-hydrogen) atoms. The van der Waals surface area contributed by atoms with E-state index in [9.17, 15) is 4.79 Å². The average Bonchev–Trinajstić information content (AvgIpc) is 1.82. The van der Waals surface area contributed by atoms with E-state index in [1.807, 2.05) is 32.7 Å². The highest BCUT2D eigenvalue weighted by Crippen LogP contribution is 2.13. The van der Waals surface area contributed by atoms with Gasteiger partial charge in [0.05, 0.1) is 0 Å². The van der Waals surface area contributed by atoms with Crippen molar-refractivity contribution in [3.05, 3.63) is 0 Å². The zero-order chi connectivity index (χ0) is 9.23. The van der Waals surface area contributed by atoms with Crippen LogP contribution in [-0.4, -0.2) is 34.6 Å². The Morgan fingerprint density at radius 3 is 1.83 bits per heavy atom. The molecule has 0 aliphatic heterocycles. The molecule has 0 spiro atoms. The molecule has 1 N–H and O–H groups in total. The summed E-state index contributed by atoms with van der Waals surface area (Å²) in [7, 11) is 1.82. The number of aliphatic carboxylic acids is 1. The van der Waals surface area contributed by atoms with Crippen LogP contribution in [0, 0.1) is 0 Å². The molecule has 0 amide bonds. The zero-order valence-electron chi connectivity index (χ0n) is 8.29. The van der Waals surface area contributed by atoms with Gasteiger partial charge in [0.25, 0.3) is 0 Å². The van der Waals surface area contributed by atoms with E-state index in [0.29, 0.717) is 0 Å². The van der Waals surface area contributed by atoms with Gasteiger partial charge in [0.15, 0.2) is 0 Å². The zero-order valence-corrected chi connectivity index (χ0v) is 9.10. The van der Waals surface area contributed by atoms with Crippen molar-refractivity contribution in [2.45, 2.75) is 39.3 Å². The Labute approximate surface area is 80.2 Å². The molecular weight excluding hydrogens is 178 g/mol. The fraction of sp³-hybridized carbons (Fsp3) is 0.875. The largest absolute Gasteiger partial charge is 0.480 e. The molecule has 0 aromatic rings. The minimum atomic E-state index is -0.776. The highest BCUT2D eigenvalue weighted by molar-refractivity contribution is 5.85. The topological polar surface area (TPSA) is 40.5 Å². The maximum atomic E-state index is 10.5. The minimum Gasteiger partial charge on any atom is -0.480 e. The number of rotatable bonds is 2. The van der Waals surface area contributed by atoms with Crippen molar-refractivity contribution >= 4 is 18.4 Å². The molecule has 0 rings (SSSR count). The van der Waals surface area contributed by atoms with E-state index < -0.39 is 12.0 Å². The highest BCUT2D eigenvalue weighted by Gasteiger charge is 2.26. The van der Waals surface area contributed by atoms with Crippen LogP contribution >= 0.6 is 12.4 Å². The molecule has 74 valence electrons. The van der Waals surface area contributed by atoms with Gasteiger partial charge in [-0.1, -0.05) is 0 Å². The lowest BCUT2D eigenvalue weighted by molar-refractivity contribution is -0.143. The molecule has 0 fully saturated rings. The molecule has 0 saturated heterocycles. The van der Waals surface area contributed by atoms with Crippen molar-refractivity contribution in [2.75, 3.05) is 7.05 Å². The molecule has 0 aromatic carbocycles. The third-order valence-corrected chi connectivity index (χ3v) is 2.00. The third kappa shape index (κ3) is 3.93. The lowest BCUT2D eigenvalue weighted by Crippen LogP contribution is -2.47. The van der Waals surface area contributed by atoms with Crippen LogP contribution in [0.15, 0.2) is 0 Å². The van der Waals surface area contributed by atoms with E-state index in [1.54, 1.807) is 6.92 Å². The second-order valence-electron chi connectivity index (χ2n) is 3.80. The Morgan fingerprint density at radius 1 is 1.42 bits per heavy atom. The fourth-order valence-corrected chi connectivity index (χ4v) is 0.747. The molecule has 0 aromatic heterocycles. The number of carboxylic acids is 1. The molecule has 0 bridgehead atoms. The third-order valence-electron chi connectivity index (χ3n) is 2.00. The Balaban J connectivity index is 0. The van der Waals surface area contributed by atoms with Crippen LogP contribution in [0.25, 0.3) is 0 Å². The summed E-state index contributed by atoms with van der Waals surface area (Å²) in [6.07, 6.45) is 0. The van der Waals surface area contributed by atoms with Gasteiger partial charge in [-0.25, -0.2) is 0 Å². The molecule has 3 nitrogen and oxygen atoms in total. The summed E-state index contributed by atoms with van der Waals surface area (Å²) in [5, 5.41) is 8.67. The van der Waals surface area contributed by atoms with Gasteiger partial charge < -0.3 is 5.11 Å². The number of hydrogen-bond donors (Lipinski definition) is 1. The van der Waals surface area contributed by atoms with Gasteiger partial charge in [-0.15, -0.1) is 12.4 Å². The predicted octanol–water partition coefficient (Wildman–Crippen LogP) is 1.61. The average molecular weight is 196 g/mol. The molecule has 0 radical (unpaired) electrons. The first kappa shape index (κ1) is 14.3. The highest BCUT2D eigenvalue weighted by atomic mass is 35.5. The molecule has 0 heterocycles. The van der Waals surface area contributed by atoms with Crippen molar-refractivity contribution in [1.82, 2.24) is 4.90 Å². The second-order valence-corrected chi connectivity index (χ2v) is 3.80. The fourth-order valence-electron chi connectivity index (χ4n) is 0.747. The van der Waals surface area contributed by atoms with Gasteiger partial charge in [0.2, 0.25) is 0 Å². The Morgan fingerprint density at radius 2 is 1.75 bits per heavy atom. The van der Waals surface area contributed by atoms with Gasteiger partial charge in [-0.3, -0.25) is 9.69 Å². The van der Waals surface area contributed by atoms with E-state index in [0.717, 1.165) is 0 Å². The van der Waals surface area contributed by atoms with E-state index in [1.165, 1.54) is 0 Å². The van der Waals surface area contributed by atoms with E-state index in [-0.39, 0.29) is 17.9 Å². The van der Waals surface area contributed by atoms with Gasteiger partial charge in [0.1, 0.15) is 6.04 Å². The van der Waals surface area contributed by atoms with Gasteiger partial charge >= 0.3 is 5.97 Å². The van der Waals surface area contributed by atoms with E-state index in [2.05, 4.69) is 0 Å². The summed E-state index contributed by atoms with van der Waals surface area (Å²) >= 11 is 0. The van der Waals surface area contributed by atoms with Crippen LogP contribution in [0.2, 0.25) is 0 Å². The summed E-state index contributed by atoms with van der Waals surface area (Å²) in [6, 6.07) is -0.421. The van der Waals surface area contributed by atoms with Crippen LogP contribution in [0.1, 0.15) is 27.7 Å². The number of nitrogens with zero attached hydrogens (tertiary/aromatic N) is 1. The van der Waals surface area contributed by atoms with Crippen molar-refractivity contribution in [3.8, 4) is 0 Å². The molecule has 4 heteroatoms. The van der Waals surface area contributed by atoms with Crippen LogP contribution in [-0.2, 0) is 4.79 Å². The van der Waals surface area contributed by atoms with E-state index in [4.69, 9.17) is 5.11 Å². The first-order valence-electron chi connectivity index (χ1n) is 3.72. The van der Waals surface area contributed by atoms with Gasteiger partial charge in [-0.05, 0) is 34.7 Å². The first-order valence-corrected chi connectivity index (χ1v) is 3.72. The SMILES string of the molecule is CC(C(=O)O)N(C)C(C)(C)C.Cl. The summed E-state index contributed by atoms with van der Waals surface area (Å²) in [5.74, 6) is -0.776. The maximum Gasteiger partial charge on any atom is 0.320 e. The number of likely N-dealkylation sites (N-methyl/N-ethyl adjacent to an activating group) is 1. The van der Waals surface area contributed by atoms with Crippen LogP contribution in [0.5, 0.6) is 0 Å². The van der Waals surface area contributed by atoms with Crippen LogP contribution < -0.4 is 0 Å². The molecule has 1 unspecified atom stereocenters. The first-order chi connectivity index (χ1) is 4.76. The van der Waals surface area contributed by atoms with Crippen LogP contribution in [0.4, 0.5) is 0 Å². The standard InChI is InChI=1S/C8H17NO2.ClH/c1-6(7(10)11)9(5)8(2,3)4;/h6H,1-5H3,(H,10,11);1H. The smallest absolute Gasteiger partial charge is 0.320 e. The number of hydrogen-bond acceptors (Lipinski definition) is 2. The maximum absolute atomic E-state index is 10.5. The Kier molecular flexibility index (Phi) is 5.55. The van der Waals surface area contributed by atoms with E-state index >= 15 is 0 Å². The molecule has 0 saturated carbocycles. The molecule has 0 aliphatic rings. The van der Waals surface area contributed by atoms with Crippen molar-refractivity contribution < 1.29 is 9.90 Å².